The molecule has 1 aliphatic carbocycles. The molecule has 0 bridgehead atoms. The molecule has 1 unspecified atom stereocenters. The lowest BCUT2D eigenvalue weighted by Gasteiger charge is -2.16. The van der Waals surface area contributed by atoms with Crippen molar-refractivity contribution in [2.45, 2.75) is 56.0 Å². The summed E-state index contributed by atoms with van der Waals surface area (Å²) < 4.78 is 2.05. The highest BCUT2D eigenvalue weighted by atomic mass is 32.2. The maximum absolute atomic E-state index is 4.18. The molecule has 1 aromatic heterocycles. The summed E-state index contributed by atoms with van der Waals surface area (Å²) in [5.41, 5.74) is 0. The van der Waals surface area contributed by atoms with E-state index >= 15 is 0 Å². The molecule has 1 aromatic rings. The van der Waals surface area contributed by atoms with Crippen molar-refractivity contribution in [1.82, 2.24) is 20.1 Å². The predicted octanol–water partition coefficient (Wildman–Crippen LogP) is 2.14. The van der Waals surface area contributed by atoms with Crippen molar-refractivity contribution in [1.29, 1.82) is 0 Å². The third-order valence-electron chi connectivity index (χ3n) is 3.41. The molecule has 2 rings (SSSR count). The van der Waals surface area contributed by atoms with Crippen molar-refractivity contribution in [3.05, 3.63) is 5.82 Å². The van der Waals surface area contributed by atoms with Crippen LogP contribution in [0.3, 0.4) is 0 Å². The van der Waals surface area contributed by atoms with Crippen LogP contribution in [0.15, 0.2) is 5.16 Å². The van der Waals surface area contributed by atoms with Crippen LogP contribution in [-0.2, 0) is 7.05 Å². The van der Waals surface area contributed by atoms with E-state index in [1.807, 2.05) is 14.0 Å². The largest absolute Gasteiger partial charge is 0.313 e. The van der Waals surface area contributed by atoms with E-state index < -0.39 is 0 Å². The second kappa shape index (κ2) is 5.87. The highest BCUT2D eigenvalue weighted by molar-refractivity contribution is 7.99. The Morgan fingerprint density at radius 1 is 1.41 bits per heavy atom. The maximum atomic E-state index is 4.18. The summed E-state index contributed by atoms with van der Waals surface area (Å²) in [4.78, 5) is 0. The Bertz CT molecular complexity index is 357. The fraction of sp³-hybridized carbons (Fsp3) is 0.833. The number of nitrogens with one attached hydrogen (secondary N) is 1. The van der Waals surface area contributed by atoms with Crippen LogP contribution >= 0.6 is 11.8 Å². The average Bonchev–Trinajstić information content (AvgIpc) is 2.92. The minimum absolute atomic E-state index is 0.540. The molecule has 17 heavy (non-hydrogen) atoms. The first kappa shape index (κ1) is 12.9. The van der Waals surface area contributed by atoms with Gasteiger partial charge in [-0.1, -0.05) is 31.5 Å². The number of rotatable bonds is 5. The van der Waals surface area contributed by atoms with Crippen molar-refractivity contribution in [3.8, 4) is 0 Å². The molecule has 0 spiro atoms. The highest BCUT2D eigenvalue weighted by Gasteiger charge is 2.16. The van der Waals surface area contributed by atoms with Crippen LogP contribution in [0.1, 0.15) is 38.4 Å². The van der Waals surface area contributed by atoms with Crippen LogP contribution in [0.25, 0.3) is 0 Å². The molecule has 1 fully saturated rings. The predicted molar refractivity (Wildman–Crippen MR) is 71.3 cm³/mol. The number of aryl methyl sites for hydroxylation is 1. The Labute approximate surface area is 108 Å². The minimum Gasteiger partial charge on any atom is -0.313 e. The molecule has 0 radical (unpaired) electrons. The fourth-order valence-corrected chi connectivity index (χ4v) is 3.09. The van der Waals surface area contributed by atoms with E-state index in [-0.39, 0.29) is 0 Å². The lowest BCUT2D eigenvalue weighted by atomic mass is 10.2. The quantitative estimate of drug-likeness (QED) is 0.818. The zero-order chi connectivity index (χ0) is 12.3. The topological polar surface area (TPSA) is 42.7 Å². The van der Waals surface area contributed by atoms with Gasteiger partial charge in [-0.05, 0) is 19.8 Å². The van der Waals surface area contributed by atoms with Crippen LogP contribution < -0.4 is 5.32 Å². The van der Waals surface area contributed by atoms with Gasteiger partial charge in [0.05, 0.1) is 0 Å². The smallest absolute Gasteiger partial charge is 0.191 e. The zero-order valence-electron chi connectivity index (χ0n) is 10.9. The van der Waals surface area contributed by atoms with Crippen LogP contribution in [-0.4, -0.2) is 32.6 Å². The molecule has 0 saturated heterocycles. The van der Waals surface area contributed by atoms with E-state index in [2.05, 4.69) is 27.0 Å². The van der Waals surface area contributed by atoms with Crippen molar-refractivity contribution in [2.75, 3.05) is 6.54 Å². The second-order valence-corrected chi connectivity index (χ2v) is 6.31. The van der Waals surface area contributed by atoms with Gasteiger partial charge >= 0.3 is 0 Å². The Morgan fingerprint density at radius 3 is 2.71 bits per heavy atom. The Kier molecular flexibility index (Phi) is 4.45. The molecule has 1 N–H and O–H groups in total. The number of aromatic nitrogens is 3. The van der Waals surface area contributed by atoms with Gasteiger partial charge in [0, 0.05) is 24.9 Å². The molecular weight excluding hydrogens is 232 g/mol. The van der Waals surface area contributed by atoms with Gasteiger partial charge in [-0.25, -0.2) is 0 Å². The van der Waals surface area contributed by atoms with E-state index in [1.54, 1.807) is 11.8 Å². The molecule has 1 aliphatic rings. The van der Waals surface area contributed by atoms with Crippen LogP contribution in [0, 0.1) is 6.92 Å². The lowest BCUT2D eigenvalue weighted by molar-refractivity contribution is 0.526. The van der Waals surface area contributed by atoms with Gasteiger partial charge < -0.3 is 9.88 Å². The zero-order valence-corrected chi connectivity index (χ0v) is 11.8. The van der Waals surface area contributed by atoms with Gasteiger partial charge in [0.1, 0.15) is 5.82 Å². The normalized spacial score (nSPS) is 18.8. The third-order valence-corrected chi connectivity index (χ3v) is 4.54. The molecule has 0 aliphatic heterocycles. The third kappa shape index (κ3) is 3.45. The summed E-state index contributed by atoms with van der Waals surface area (Å²) in [7, 11) is 2.02. The molecule has 1 heterocycles. The summed E-state index contributed by atoms with van der Waals surface area (Å²) >= 11 is 1.80. The molecular formula is C12H22N4S. The Hall–Kier alpha value is -0.550. The van der Waals surface area contributed by atoms with Crippen LogP contribution in [0.5, 0.6) is 0 Å². The van der Waals surface area contributed by atoms with Gasteiger partial charge in [-0.3, -0.25) is 0 Å². The first-order valence-electron chi connectivity index (χ1n) is 6.43. The van der Waals surface area contributed by atoms with Gasteiger partial charge in [0.15, 0.2) is 5.16 Å². The van der Waals surface area contributed by atoms with Gasteiger partial charge in [-0.15, -0.1) is 10.2 Å². The number of thioether (sulfide) groups is 1. The van der Waals surface area contributed by atoms with Gasteiger partial charge in [0.2, 0.25) is 0 Å². The molecule has 96 valence electrons. The van der Waals surface area contributed by atoms with E-state index in [9.17, 15) is 0 Å². The standard InChI is InChI=1S/C12H22N4S/c1-9(8-13-11-6-4-5-7-11)17-12-15-14-10(2)16(12)3/h9,11,13H,4-8H2,1-3H3. The molecule has 0 aromatic carbocycles. The lowest BCUT2D eigenvalue weighted by Crippen LogP contribution is -2.31. The number of hydrogen-bond donors (Lipinski definition) is 1. The Morgan fingerprint density at radius 2 is 2.12 bits per heavy atom. The monoisotopic (exact) mass is 254 g/mol. The highest BCUT2D eigenvalue weighted by Crippen LogP contribution is 2.22. The van der Waals surface area contributed by atoms with Crippen LogP contribution in [0.2, 0.25) is 0 Å². The molecule has 4 nitrogen and oxygen atoms in total. The van der Waals surface area contributed by atoms with Crippen molar-refractivity contribution in [3.63, 3.8) is 0 Å². The van der Waals surface area contributed by atoms with Crippen molar-refractivity contribution in [2.24, 2.45) is 7.05 Å². The summed E-state index contributed by atoms with van der Waals surface area (Å²) in [6.07, 6.45) is 5.48. The Balaban J connectivity index is 1.76. The molecule has 1 atom stereocenters. The van der Waals surface area contributed by atoms with Gasteiger partial charge in [0.25, 0.3) is 0 Å². The SMILES string of the molecule is Cc1nnc(SC(C)CNC2CCCC2)n1C. The van der Waals surface area contributed by atoms with Crippen molar-refractivity contribution < 1.29 is 0 Å². The van der Waals surface area contributed by atoms with E-state index in [1.165, 1.54) is 25.7 Å². The summed E-state index contributed by atoms with van der Waals surface area (Å²) in [6.45, 7) is 5.29. The first-order chi connectivity index (χ1) is 8.16. The summed E-state index contributed by atoms with van der Waals surface area (Å²) in [5.74, 6) is 0.975. The fourth-order valence-electron chi connectivity index (χ4n) is 2.17. The minimum atomic E-state index is 0.540. The summed E-state index contributed by atoms with van der Waals surface area (Å²) in [6, 6.07) is 0.749. The van der Waals surface area contributed by atoms with Crippen LogP contribution in [0.4, 0.5) is 0 Å². The van der Waals surface area contributed by atoms with Crippen molar-refractivity contribution >= 4 is 11.8 Å². The molecule has 0 amide bonds. The average molecular weight is 254 g/mol. The first-order valence-corrected chi connectivity index (χ1v) is 7.31. The number of nitrogens with zero attached hydrogens (tertiary/aromatic N) is 3. The van der Waals surface area contributed by atoms with E-state index in [0.717, 1.165) is 23.6 Å². The van der Waals surface area contributed by atoms with Gasteiger partial charge in [-0.2, -0.15) is 0 Å². The summed E-state index contributed by atoms with van der Waals surface area (Å²) in [5, 5.41) is 13.5. The molecule has 1 saturated carbocycles. The number of hydrogen-bond acceptors (Lipinski definition) is 4. The molecule has 5 heteroatoms. The van der Waals surface area contributed by atoms with E-state index in [4.69, 9.17) is 0 Å². The van der Waals surface area contributed by atoms with E-state index in [0.29, 0.717) is 5.25 Å². The maximum Gasteiger partial charge on any atom is 0.191 e. The second-order valence-electron chi connectivity index (χ2n) is 4.91.